The molecule has 2 aromatic rings. The summed E-state index contributed by atoms with van der Waals surface area (Å²) in [6.07, 6.45) is 0. The van der Waals surface area contributed by atoms with Gasteiger partial charge in [0.2, 0.25) is 5.91 Å². The molecule has 4 N–H and O–H groups in total. The largest absolute Gasteiger partial charge is 0.433 e. The number of benzene rings is 2. The highest BCUT2D eigenvalue weighted by molar-refractivity contribution is 14.0. The van der Waals surface area contributed by atoms with Crippen molar-refractivity contribution in [3.8, 4) is 5.75 Å². The lowest BCUT2D eigenvalue weighted by Gasteiger charge is -2.16. The van der Waals surface area contributed by atoms with E-state index in [2.05, 4.69) is 20.4 Å². The Balaban J connectivity index is 0.00000420. The Labute approximate surface area is 193 Å². The van der Waals surface area contributed by atoms with E-state index < -0.39 is 12.5 Å². The number of nitrogens with one attached hydrogen (secondary N) is 2. The standard InChI is InChI=1S/C18H18Cl2F2N4O2.HI/c1-24-18(25-8-10-2-4-11(5-3-10)16(23)27)26-9-12-6-13(19)7-14(20)15(12)28-17(21)22;/h2-7,17H,8-9H2,1H3,(H2,23,27)(H2,24,25,26);1H. The summed E-state index contributed by atoms with van der Waals surface area (Å²) < 4.78 is 29.8. The van der Waals surface area contributed by atoms with Gasteiger partial charge in [0.15, 0.2) is 5.96 Å². The van der Waals surface area contributed by atoms with Gasteiger partial charge in [0.1, 0.15) is 5.75 Å². The number of primary amides is 1. The second kappa shape index (κ2) is 12.0. The lowest BCUT2D eigenvalue weighted by atomic mass is 10.1. The second-order valence-electron chi connectivity index (χ2n) is 5.59. The number of rotatable bonds is 7. The predicted molar refractivity (Wildman–Crippen MR) is 121 cm³/mol. The molecule has 0 heterocycles. The minimum Gasteiger partial charge on any atom is -0.433 e. The average Bonchev–Trinajstić information content (AvgIpc) is 2.64. The number of guanidine groups is 1. The smallest absolute Gasteiger partial charge is 0.387 e. The van der Waals surface area contributed by atoms with Crippen LogP contribution in [0.5, 0.6) is 5.75 Å². The van der Waals surface area contributed by atoms with Crippen molar-refractivity contribution < 1.29 is 18.3 Å². The molecule has 2 rings (SSSR count). The van der Waals surface area contributed by atoms with Crippen molar-refractivity contribution in [2.45, 2.75) is 19.7 Å². The summed E-state index contributed by atoms with van der Waals surface area (Å²) in [6.45, 7) is -2.50. The number of carbonyl (C=O) groups is 1. The van der Waals surface area contributed by atoms with Gasteiger partial charge in [-0.25, -0.2) is 0 Å². The first-order valence-electron chi connectivity index (χ1n) is 8.06. The van der Waals surface area contributed by atoms with Crippen molar-refractivity contribution in [1.29, 1.82) is 0 Å². The second-order valence-corrected chi connectivity index (χ2v) is 6.44. The van der Waals surface area contributed by atoms with Gasteiger partial charge in [0.05, 0.1) is 5.02 Å². The molecule has 6 nitrogen and oxygen atoms in total. The molecule has 0 aliphatic heterocycles. The maximum absolute atomic E-state index is 12.6. The van der Waals surface area contributed by atoms with Crippen molar-refractivity contribution >= 4 is 59.0 Å². The van der Waals surface area contributed by atoms with Gasteiger partial charge < -0.3 is 21.1 Å². The normalized spacial score (nSPS) is 11.0. The van der Waals surface area contributed by atoms with E-state index in [1.807, 2.05) is 0 Å². The average molecular weight is 559 g/mol. The number of hydrogen-bond acceptors (Lipinski definition) is 3. The zero-order chi connectivity index (χ0) is 20.7. The number of nitrogens with zero attached hydrogens (tertiary/aromatic N) is 1. The summed E-state index contributed by atoms with van der Waals surface area (Å²) in [4.78, 5) is 15.2. The Bertz CT molecular complexity index is 868. The van der Waals surface area contributed by atoms with E-state index in [0.29, 0.717) is 28.7 Å². The summed E-state index contributed by atoms with van der Waals surface area (Å²) in [5.74, 6) is -0.233. The third-order valence-corrected chi connectivity index (χ3v) is 4.16. The molecule has 0 unspecified atom stereocenters. The molecular weight excluding hydrogens is 540 g/mol. The van der Waals surface area contributed by atoms with Crippen LogP contribution in [-0.4, -0.2) is 25.5 Å². The highest BCUT2D eigenvalue weighted by Crippen LogP contribution is 2.33. The molecule has 29 heavy (non-hydrogen) atoms. The Hall–Kier alpha value is -1.85. The number of amides is 1. The summed E-state index contributed by atoms with van der Waals surface area (Å²) in [6, 6.07) is 9.56. The fourth-order valence-corrected chi connectivity index (χ4v) is 2.92. The van der Waals surface area contributed by atoms with Crippen molar-refractivity contribution in [2.24, 2.45) is 10.7 Å². The van der Waals surface area contributed by atoms with E-state index in [0.717, 1.165) is 5.56 Å². The third kappa shape index (κ3) is 7.82. The number of nitrogens with two attached hydrogens (primary N) is 1. The minimum atomic E-state index is -3.02. The Morgan fingerprint density at radius 2 is 1.79 bits per heavy atom. The Morgan fingerprint density at radius 3 is 2.34 bits per heavy atom. The van der Waals surface area contributed by atoms with E-state index in [9.17, 15) is 13.6 Å². The molecule has 0 saturated carbocycles. The molecular formula is C18H19Cl2F2IN4O2. The first kappa shape index (κ1) is 25.2. The molecule has 2 aromatic carbocycles. The maximum Gasteiger partial charge on any atom is 0.387 e. The van der Waals surface area contributed by atoms with Crippen LogP contribution in [0.25, 0.3) is 0 Å². The SMILES string of the molecule is CN=C(NCc1ccc(C(N)=O)cc1)NCc1cc(Cl)cc(Cl)c1OC(F)F.I. The topological polar surface area (TPSA) is 88.7 Å². The van der Waals surface area contributed by atoms with Crippen LogP contribution in [0.2, 0.25) is 10.0 Å². The lowest BCUT2D eigenvalue weighted by Crippen LogP contribution is -2.36. The highest BCUT2D eigenvalue weighted by atomic mass is 127. The Kier molecular flexibility index (Phi) is 10.4. The van der Waals surface area contributed by atoms with Gasteiger partial charge in [-0.3, -0.25) is 9.79 Å². The fraction of sp³-hybridized carbons (Fsp3) is 0.222. The molecule has 11 heteroatoms. The summed E-state index contributed by atoms with van der Waals surface area (Å²) in [5.41, 5.74) is 6.86. The van der Waals surface area contributed by atoms with Crippen molar-refractivity contribution in [3.63, 3.8) is 0 Å². The molecule has 158 valence electrons. The van der Waals surface area contributed by atoms with Crippen LogP contribution >= 0.6 is 47.2 Å². The molecule has 0 fully saturated rings. The fourth-order valence-electron chi connectivity index (χ4n) is 2.34. The van der Waals surface area contributed by atoms with Crippen LogP contribution in [0.15, 0.2) is 41.4 Å². The molecule has 1 amide bonds. The highest BCUT2D eigenvalue weighted by Gasteiger charge is 2.15. The molecule has 0 aromatic heterocycles. The number of carbonyl (C=O) groups excluding carboxylic acids is 1. The molecule has 0 aliphatic carbocycles. The van der Waals surface area contributed by atoms with Crippen LogP contribution < -0.4 is 21.1 Å². The van der Waals surface area contributed by atoms with Crippen LogP contribution in [0.1, 0.15) is 21.5 Å². The molecule has 0 spiro atoms. The van der Waals surface area contributed by atoms with Gasteiger partial charge in [-0.1, -0.05) is 35.3 Å². The molecule has 0 bridgehead atoms. The monoisotopic (exact) mass is 558 g/mol. The zero-order valence-electron chi connectivity index (χ0n) is 15.2. The number of hydrogen-bond donors (Lipinski definition) is 3. The van der Waals surface area contributed by atoms with Gasteiger partial charge in [-0.2, -0.15) is 8.78 Å². The van der Waals surface area contributed by atoms with Crippen molar-refractivity contribution in [1.82, 2.24) is 10.6 Å². The molecule has 0 aliphatic rings. The number of halogens is 5. The van der Waals surface area contributed by atoms with Crippen molar-refractivity contribution in [3.05, 3.63) is 63.1 Å². The first-order chi connectivity index (χ1) is 13.3. The zero-order valence-corrected chi connectivity index (χ0v) is 19.1. The van der Waals surface area contributed by atoms with Crippen LogP contribution in [-0.2, 0) is 13.1 Å². The van der Waals surface area contributed by atoms with Crippen LogP contribution in [0.4, 0.5) is 8.78 Å². The van der Waals surface area contributed by atoms with Gasteiger partial charge in [0, 0.05) is 36.3 Å². The van der Waals surface area contributed by atoms with Gasteiger partial charge in [-0.15, -0.1) is 24.0 Å². The molecule has 0 saturated heterocycles. The lowest BCUT2D eigenvalue weighted by molar-refractivity contribution is -0.0504. The van der Waals surface area contributed by atoms with E-state index in [4.69, 9.17) is 28.9 Å². The van der Waals surface area contributed by atoms with E-state index in [-0.39, 0.29) is 41.3 Å². The predicted octanol–water partition coefficient (Wildman–Crippen LogP) is 4.18. The van der Waals surface area contributed by atoms with E-state index in [1.54, 1.807) is 31.3 Å². The number of alkyl halides is 2. The summed E-state index contributed by atoms with van der Waals surface area (Å²) in [7, 11) is 1.56. The number of ether oxygens (including phenoxy) is 1. The van der Waals surface area contributed by atoms with Crippen LogP contribution in [0.3, 0.4) is 0 Å². The van der Waals surface area contributed by atoms with E-state index >= 15 is 0 Å². The van der Waals surface area contributed by atoms with Gasteiger partial charge in [-0.05, 0) is 29.8 Å². The Morgan fingerprint density at radius 1 is 1.17 bits per heavy atom. The maximum atomic E-state index is 12.6. The van der Waals surface area contributed by atoms with Gasteiger partial charge in [0.25, 0.3) is 0 Å². The quantitative estimate of drug-likeness (QED) is 0.270. The van der Waals surface area contributed by atoms with Gasteiger partial charge >= 0.3 is 6.61 Å². The third-order valence-electron chi connectivity index (χ3n) is 3.66. The minimum absolute atomic E-state index is 0. The van der Waals surface area contributed by atoms with Crippen LogP contribution in [0, 0.1) is 0 Å². The molecule has 0 radical (unpaired) electrons. The summed E-state index contributed by atoms with van der Waals surface area (Å²) in [5, 5.41) is 6.32. The summed E-state index contributed by atoms with van der Waals surface area (Å²) >= 11 is 11.9. The van der Waals surface area contributed by atoms with E-state index in [1.165, 1.54) is 12.1 Å². The molecule has 0 atom stereocenters. The first-order valence-corrected chi connectivity index (χ1v) is 8.81. The van der Waals surface area contributed by atoms with Crippen molar-refractivity contribution in [2.75, 3.05) is 7.05 Å². The number of aliphatic imine (C=N–C) groups is 1.